The van der Waals surface area contributed by atoms with Crippen LogP contribution in [0.1, 0.15) is 23.0 Å². The van der Waals surface area contributed by atoms with Gasteiger partial charge >= 0.3 is 5.97 Å². The Morgan fingerprint density at radius 3 is 2.54 bits per heavy atom. The van der Waals surface area contributed by atoms with Gasteiger partial charge in [-0.25, -0.2) is 4.79 Å². The van der Waals surface area contributed by atoms with Gasteiger partial charge in [-0.1, -0.05) is 36.4 Å². The Balaban J connectivity index is 1.76. The van der Waals surface area contributed by atoms with Gasteiger partial charge in [0, 0.05) is 22.4 Å². The fourth-order valence-corrected chi connectivity index (χ4v) is 3.16. The summed E-state index contributed by atoms with van der Waals surface area (Å²) in [6, 6.07) is 16.5. The first kappa shape index (κ1) is 18.1. The molecule has 134 valence electrons. The maximum atomic E-state index is 12.6. The van der Waals surface area contributed by atoms with Crippen LogP contribution in [0, 0.1) is 0 Å². The van der Waals surface area contributed by atoms with Gasteiger partial charge in [-0.05, 0) is 31.4 Å². The molecule has 6 heteroatoms. The number of hydrogen-bond donors (Lipinski definition) is 1. The van der Waals surface area contributed by atoms with Gasteiger partial charge in [0.1, 0.15) is 5.58 Å². The zero-order valence-corrected chi connectivity index (χ0v) is 15.3. The van der Waals surface area contributed by atoms with Crippen molar-refractivity contribution in [2.24, 2.45) is 0 Å². The Hall–Kier alpha value is -2.73. The molecule has 1 N–H and O–H groups in total. The van der Waals surface area contributed by atoms with Crippen LogP contribution < -0.4 is 5.32 Å². The van der Waals surface area contributed by atoms with Crippen LogP contribution in [0.2, 0.25) is 0 Å². The summed E-state index contributed by atoms with van der Waals surface area (Å²) in [5, 5.41) is 3.60. The van der Waals surface area contributed by atoms with E-state index < -0.39 is 18.0 Å². The second kappa shape index (κ2) is 8.10. The lowest BCUT2D eigenvalue weighted by Gasteiger charge is -2.13. The maximum Gasteiger partial charge on any atom is 0.375 e. The number of nitrogens with one attached hydrogen (secondary N) is 1. The molecule has 0 aliphatic carbocycles. The minimum Gasteiger partial charge on any atom is -0.449 e. The second-order valence-electron chi connectivity index (χ2n) is 5.74. The van der Waals surface area contributed by atoms with Crippen molar-refractivity contribution >= 4 is 40.3 Å². The normalized spacial score (nSPS) is 11.9. The van der Waals surface area contributed by atoms with Crippen molar-refractivity contribution in [3.63, 3.8) is 0 Å². The lowest BCUT2D eigenvalue weighted by molar-refractivity contribution is -0.123. The highest BCUT2D eigenvalue weighted by Crippen LogP contribution is 2.29. The summed E-state index contributed by atoms with van der Waals surface area (Å²) < 4.78 is 11.0. The number of thioether (sulfide) groups is 1. The third-order valence-electron chi connectivity index (χ3n) is 3.87. The van der Waals surface area contributed by atoms with Gasteiger partial charge < -0.3 is 14.5 Å². The first-order chi connectivity index (χ1) is 12.6. The molecule has 1 amide bonds. The van der Waals surface area contributed by atoms with E-state index in [1.807, 2.05) is 48.7 Å². The maximum absolute atomic E-state index is 12.6. The fourth-order valence-electron chi connectivity index (χ4n) is 2.58. The molecule has 5 nitrogen and oxygen atoms in total. The number of carbonyl (C=O) groups excluding carboxylic acids is 2. The molecule has 0 unspecified atom stereocenters. The smallest absolute Gasteiger partial charge is 0.375 e. The van der Waals surface area contributed by atoms with Gasteiger partial charge in [0.05, 0.1) is 0 Å². The van der Waals surface area contributed by atoms with Gasteiger partial charge in [-0.2, -0.15) is 11.8 Å². The molecule has 0 spiro atoms. The minimum atomic E-state index is -0.946. The standard InChI is InChI=1S/C20H19NO4S/c1-13(19(22)21-14-8-4-3-5-9-14)24-20(23)18-16(12-26-2)15-10-6-7-11-17(15)25-18/h3-11,13H,12H2,1-2H3,(H,21,22)/t13-/m1/s1. The van der Waals surface area contributed by atoms with E-state index in [4.69, 9.17) is 9.15 Å². The molecule has 2 aromatic carbocycles. The van der Waals surface area contributed by atoms with E-state index in [1.165, 1.54) is 6.92 Å². The number of ether oxygens (including phenoxy) is 1. The predicted molar refractivity (Wildman–Crippen MR) is 103 cm³/mol. The number of hydrogen-bond acceptors (Lipinski definition) is 5. The van der Waals surface area contributed by atoms with Crippen LogP contribution in [0.15, 0.2) is 59.0 Å². The van der Waals surface area contributed by atoms with E-state index in [2.05, 4.69) is 5.32 Å². The Labute approximate surface area is 155 Å². The Morgan fingerprint density at radius 2 is 1.81 bits per heavy atom. The number of furan rings is 1. The van der Waals surface area contributed by atoms with E-state index in [1.54, 1.807) is 23.9 Å². The Morgan fingerprint density at radius 1 is 1.12 bits per heavy atom. The van der Waals surface area contributed by atoms with Crippen molar-refractivity contribution in [3.8, 4) is 0 Å². The molecule has 1 atom stereocenters. The third-order valence-corrected chi connectivity index (χ3v) is 4.44. The van der Waals surface area contributed by atoms with Gasteiger partial charge in [-0.15, -0.1) is 0 Å². The summed E-state index contributed by atoms with van der Waals surface area (Å²) >= 11 is 1.59. The summed E-state index contributed by atoms with van der Waals surface area (Å²) in [5.41, 5.74) is 2.06. The van der Waals surface area contributed by atoms with Crippen LogP contribution in [0.4, 0.5) is 5.69 Å². The third kappa shape index (κ3) is 3.91. The number of anilines is 1. The number of amides is 1. The quantitative estimate of drug-likeness (QED) is 0.649. The first-order valence-corrected chi connectivity index (χ1v) is 9.55. The van der Waals surface area contributed by atoms with Crippen molar-refractivity contribution in [3.05, 3.63) is 65.9 Å². The SMILES string of the molecule is CSCc1c(C(=O)O[C@H](C)C(=O)Nc2ccccc2)oc2ccccc12. The van der Waals surface area contributed by atoms with Gasteiger partial charge in [0.25, 0.3) is 5.91 Å². The van der Waals surface area contributed by atoms with Crippen LogP contribution in [0.5, 0.6) is 0 Å². The summed E-state index contributed by atoms with van der Waals surface area (Å²) in [7, 11) is 0. The van der Waals surface area contributed by atoms with Gasteiger partial charge in [-0.3, -0.25) is 4.79 Å². The molecule has 0 radical (unpaired) electrons. The molecule has 0 aliphatic heterocycles. The number of esters is 1. The minimum absolute atomic E-state index is 0.153. The molecular weight excluding hydrogens is 350 g/mol. The fraction of sp³-hybridized carbons (Fsp3) is 0.200. The summed E-state index contributed by atoms with van der Waals surface area (Å²) in [4.78, 5) is 24.8. The zero-order valence-electron chi connectivity index (χ0n) is 14.5. The van der Waals surface area contributed by atoms with Crippen LogP contribution >= 0.6 is 11.8 Å². The van der Waals surface area contributed by atoms with Crippen molar-refractivity contribution < 1.29 is 18.7 Å². The Kier molecular flexibility index (Phi) is 5.63. The molecular formula is C20H19NO4S. The van der Waals surface area contributed by atoms with Crippen LogP contribution in [0.25, 0.3) is 11.0 Å². The van der Waals surface area contributed by atoms with E-state index in [0.29, 0.717) is 17.0 Å². The molecule has 3 rings (SSSR count). The number of benzene rings is 2. The molecule has 0 bridgehead atoms. The monoisotopic (exact) mass is 369 g/mol. The zero-order chi connectivity index (χ0) is 18.5. The number of carbonyl (C=O) groups is 2. The molecule has 26 heavy (non-hydrogen) atoms. The lowest BCUT2D eigenvalue weighted by atomic mass is 10.1. The summed E-state index contributed by atoms with van der Waals surface area (Å²) in [6.07, 6.45) is 1.00. The Bertz CT molecular complexity index is 920. The molecule has 1 heterocycles. The van der Waals surface area contributed by atoms with E-state index >= 15 is 0 Å². The van der Waals surface area contributed by atoms with Crippen molar-refractivity contribution in [1.29, 1.82) is 0 Å². The summed E-state index contributed by atoms with van der Waals surface area (Å²) in [6.45, 7) is 1.53. The predicted octanol–water partition coefficient (Wildman–Crippen LogP) is 4.48. The molecule has 1 aromatic heterocycles. The number of para-hydroxylation sites is 2. The molecule has 0 fully saturated rings. The second-order valence-corrected chi connectivity index (χ2v) is 6.61. The van der Waals surface area contributed by atoms with E-state index in [-0.39, 0.29) is 5.76 Å². The largest absolute Gasteiger partial charge is 0.449 e. The molecule has 0 aliphatic rings. The average Bonchev–Trinajstić information content (AvgIpc) is 3.02. The summed E-state index contributed by atoms with van der Waals surface area (Å²) in [5.74, 6) is -0.264. The molecule has 0 saturated heterocycles. The molecule has 3 aromatic rings. The molecule has 0 saturated carbocycles. The van der Waals surface area contributed by atoms with Crippen molar-refractivity contribution in [2.45, 2.75) is 18.8 Å². The van der Waals surface area contributed by atoms with Crippen LogP contribution in [0.3, 0.4) is 0 Å². The van der Waals surface area contributed by atoms with Gasteiger partial charge in [0.2, 0.25) is 5.76 Å². The van der Waals surface area contributed by atoms with Gasteiger partial charge in [0.15, 0.2) is 6.10 Å². The van der Waals surface area contributed by atoms with Crippen molar-refractivity contribution in [2.75, 3.05) is 11.6 Å². The number of rotatable bonds is 6. The topological polar surface area (TPSA) is 68.5 Å². The van der Waals surface area contributed by atoms with E-state index in [9.17, 15) is 9.59 Å². The highest BCUT2D eigenvalue weighted by molar-refractivity contribution is 7.97. The van der Waals surface area contributed by atoms with Crippen LogP contribution in [-0.2, 0) is 15.3 Å². The average molecular weight is 369 g/mol. The van der Waals surface area contributed by atoms with Crippen molar-refractivity contribution in [1.82, 2.24) is 0 Å². The van der Waals surface area contributed by atoms with E-state index in [0.717, 1.165) is 10.9 Å². The highest BCUT2D eigenvalue weighted by Gasteiger charge is 2.25. The lowest BCUT2D eigenvalue weighted by Crippen LogP contribution is -2.30. The number of fused-ring (bicyclic) bond motifs is 1. The highest BCUT2D eigenvalue weighted by atomic mass is 32.2. The first-order valence-electron chi connectivity index (χ1n) is 8.16. The van der Waals surface area contributed by atoms with Crippen LogP contribution in [-0.4, -0.2) is 24.2 Å².